The molecule has 0 aliphatic rings. The third-order valence-electron chi connectivity index (χ3n) is 1.51. The third kappa shape index (κ3) is 4.67. The largest absolute Gasteiger partial charge is 0.382 e. The van der Waals surface area contributed by atoms with Gasteiger partial charge in [-0.2, -0.15) is 0 Å². The van der Waals surface area contributed by atoms with Crippen LogP contribution in [0.4, 0.5) is 0 Å². The van der Waals surface area contributed by atoms with Crippen molar-refractivity contribution in [1.82, 2.24) is 0 Å². The molecule has 0 aromatic heterocycles. The molecule has 1 atom stereocenters. The number of benzene rings is 1. The highest BCUT2D eigenvalue weighted by Gasteiger charge is 2.12. The number of aliphatic hydroxyl groups is 1. The fourth-order valence-electron chi connectivity index (χ4n) is 0.950. The molecule has 70 valence electrons. The van der Waals surface area contributed by atoms with Crippen LogP contribution in [-0.2, 0) is 11.3 Å². The molecule has 1 aromatic rings. The molecule has 4 heteroatoms. The van der Waals surface area contributed by atoms with E-state index in [9.17, 15) is 0 Å². The van der Waals surface area contributed by atoms with Gasteiger partial charge in [-0.05, 0) is 5.56 Å². The molecular weight excluding hydrogens is 165 g/mol. The van der Waals surface area contributed by atoms with Crippen LogP contribution in [0.25, 0.3) is 0 Å². The molecule has 13 heavy (non-hydrogen) atoms. The lowest BCUT2D eigenvalue weighted by Crippen LogP contribution is -2.44. The molecule has 1 rings (SSSR count). The smallest absolute Gasteiger partial charge is 0.164 e. The molecular formula is C9H14BNO2. The van der Waals surface area contributed by atoms with Crippen molar-refractivity contribution in [3.05, 3.63) is 35.9 Å². The van der Waals surface area contributed by atoms with Gasteiger partial charge in [0.15, 0.2) is 7.85 Å². The van der Waals surface area contributed by atoms with E-state index in [2.05, 4.69) is 0 Å². The Labute approximate surface area is 78.9 Å². The second-order valence-electron chi connectivity index (χ2n) is 3.34. The molecule has 0 radical (unpaired) electrons. The lowest BCUT2D eigenvalue weighted by molar-refractivity contribution is 0.00576. The Morgan fingerprint density at radius 2 is 2.00 bits per heavy atom. The van der Waals surface area contributed by atoms with Gasteiger partial charge in [-0.3, -0.25) is 0 Å². The number of nitrogens with two attached hydrogens (primary N) is 1. The lowest BCUT2D eigenvalue weighted by Gasteiger charge is -2.17. The summed E-state index contributed by atoms with van der Waals surface area (Å²) in [5.74, 6) is 0. The second kappa shape index (κ2) is 4.41. The molecule has 0 spiro atoms. The summed E-state index contributed by atoms with van der Waals surface area (Å²) in [4.78, 5) is 0. The van der Waals surface area contributed by atoms with Gasteiger partial charge in [-0.15, -0.1) is 0 Å². The van der Waals surface area contributed by atoms with Crippen LogP contribution in [-0.4, -0.2) is 25.2 Å². The molecule has 0 aliphatic carbocycles. The zero-order valence-electron chi connectivity index (χ0n) is 7.73. The summed E-state index contributed by atoms with van der Waals surface area (Å²) in [6, 6.07) is 9.76. The Hall–Kier alpha value is -0.835. The van der Waals surface area contributed by atoms with Crippen LogP contribution in [0.2, 0.25) is 0 Å². The van der Waals surface area contributed by atoms with Gasteiger partial charge in [0, 0.05) is 0 Å². The third-order valence-corrected chi connectivity index (χ3v) is 1.51. The summed E-state index contributed by atoms with van der Waals surface area (Å²) in [5, 5.41) is 9.15. The predicted octanol–water partition coefficient (Wildman–Crippen LogP) is -0.559. The van der Waals surface area contributed by atoms with Crippen molar-refractivity contribution in [3.63, 3.8) is 0 Å². The van der Waals surface area contributed by atoms with Crippen molar-refractivity contribution in [2.75, 3.05) is 6.61 Å². The highest BCUT2D eigenvalue weighted by atomic mass is 16.5. The summed E-state index contributed by atoms with van der Waals surface area (Å²) in [6.07, 6.45) is 0. The van der Waals surface area contributed by atoms with Gasteiger partial charge >= 0.3 is 0 Å². The maximum absolute atomic E-state index is 9.15. The fraction of sp³-hybridized carbons (Fsp3) is 0.333. The first-order valence-corrected chi connectivity index (χ1v) is 4.21. The Bertz CT molecular complexity index is 246. The lowest BCUT2D eigenvalue weighted by atomic mass is 9.93. The zero-order valence-corrected chi connectivity index (χ0v) is 7.73. The minimum absolute atomic E-state index is 0.141. The van der Waals surface area contributed by atoms with Crippen molar-refractivity contribution in [3.8, 4) is 0 Å². The topological polar surface area (TPSA) is 55.5 Å². The monoisotopic (exact) mass is 179 g/mol. The summed E-state index contributed by atoms with van der Waals surface area (Å²) >= 11 is 0. The molecule has 0 aliphatic heterocycles. The van der Waals surface area contributed by atoms with Gasteiger partial charge in [0.25, 0.3) is 0 Å². The quantitative estimate of drug-likeness (QED) is 0.481. The van der Waals surface area contributed by atoms with E-state index < -0.39 is 5.62 Å². The van der Waals surface area contributed by atoms with Crippen LogP contribution in [0.1, 0.15) is 5.56 Å². The van der Waals surface area contributed by atoms with E-state index in [4.69, 9.17) is 15.6 Å². The normalized spacial score (nSPS) is 15.2. The van der Waals surface area contributed by atoms with E-state index in [0.29, 0.717) is 6.61 Å². The molecule has 0 heterocycles. The first kappa shape index (κ1) is 10.2. The highest BCUT2D eigenvalue weighted by molar-refractivity contribution is 6.13. The molecule has 3 N–H and O–H groups in total. The van der Waals surface area contributed by atoms with E-state index in [1.165, 1.54) is 7.85 Å². The molecule has 0 saturated heterocycles. The minimum atomic E-state index is -1.24. The summed E-state index contributed by atoms with van der Waals surface area (Å²) < 4.78 is 5.21. The average molecular weight is 179 g/mol. The van der Waals surface area contributed by atoms with E-state index in [1.54, 1.807) is 0 Å². The van der Waals surface area contributed by atoms with Crippen molar-refractivity contribution in [2.45, 2.75) is 12.2 Å². The van der Waals surface area contributed by atoms with E-state index in [-0.39, 0.29) is 6.61 Å². The first-order chi connectivity index (χ1) is 6.08. The predicted molar refractivity (Wildman–Crippen MR) is 53.8 cm³/mol. The van der Waals surface area contributed by atoms with Crippen molar-refractivity contribution >= 4 is 7.85 Å². The molecule has 0 fully saturated rings. The van der Waals surface area contributed by atoms with Gasteiger partial charge in [0.05, 0.1) is 18.8 Å². The molecule has 0 saturated carbocycles. The van der Waals surface area contributed by atoms with E-state index in [0.717, 1.165) is 5.56 Å². The average Bonchev–Trinajstić information content (AvgIpc) is 2.04. The summed E-state index contributed by atoms with van der Waals surface area (Å²) in [6.45, 7) is 0.621. The molecule has 3 nitrogen and oxygen atoms in total. The molecule has 0 amide bonds. The molecule has 1 aromatic carbocycles. The van der Waals surface area contributed by atoms with Crippen LogP contribution in [0.15, 0.2) is 30.3 Å². The summed E-state index contributed by atoms with van der Waals surface area (Å²) in [5.41, 5.74) is 5.16. The minimum Gasteiger partial charge on any atom is -0.382 e. The van der Waals surface area contributed by atoms with Gasteiger partial charge in [-0.25, -0.2) is 0 Å². The van der Waals surface area contributed by atoms with Crippen molar-refractivity contribution in [1.29, 1.82) is 0 Å². The standard InChI is InChI=1S/C9H14BNO2/c10-9(11,12)7-13-6-8-4-2-1-3-5-8/h1-5,12H,6-7,10-11H2. The number of hydrogen-bond acceptors (Lipinski definition) is 3. The van der Waals surface area contributed by atoms with Crippen LogP contribution >= 0.6 is 0 Å². The number of ether oxygens (including phenoxy) is 1. The van der Waals surface area contributed by atoms with Gasteiger partial charge in [-0.1, -0.05) is 30.3 Å². The Morgan fingerprint density at radius 1 is 1.38 bits per heavy atom. The first-order valence-electron chi connectivity index (χ1n) is 4.21. The van der Waals surface area contributed by atoms with E-state index >= 15 is 0 Å². The zero-order chi connectivity index (χ0) is 9.73. The fourth-order valence-corrected chi connectivity index (χ4v) is 0.950. The molecule has 1 unspecified atom stereocenters. The second-order valence-corrected chi connectivity index (χ2v) is 3.34. The van der Waals surface area contributed by atoms with Gasteiger partial charge < -0.3 is 15.6 Å². The maximum Gasteiger partial charge on any atom is 0.164 e. The highest BCUT2D eigenvalue weighted by Crippen LogP contribution is 2.01. The SMILES string of the molecule is BC(N)(O)COCc1ccccc1. The van der Waals surface area contributed by atoms with Crippen LogP contribution < -0.4 is 5.73 Å². The van der Waals surface area contributed by atoms with Crippen LogP contribution in [0.5, 0.6) is 0 Å². The number of rotatable bonds is 4. The maximum atomic E-state index is 9.15. The Morgan fingerprint density at radius 3 is 2.54 bits per heavy atom. The van der Waals surface area contributed by atoms with Gasteiger partial charge in [0.2, 0.25) is 0 Å². The van der Waals surface area contributed by atoms with Crippen LogP contribution in [0, 0.1) is 0 Å². The van der Waals surface area contributed by atoms with Gasteiger partial charge in [0.1, 0.15) is 0 Å². The van der Waals surface area contributed by atoms with Crippen LogP contribution in [0.3, 0.4) is 0 Å². The van der Waals surface area contributed by atoms with Crippen molar-refractivity contribution in [2.24, 2.45) is 5.73 Å². The Kier molecular flexibility index (Phi) is 3.48. The number of hydrogen-bond donors (Lipinski definition) is 2. The summed E-state index contributed by atoms with van der Waals surface area (Å²) in [7, 11) is 1.51. The van der Waals surface area contributed by atoms with Crippen molar-refractivity contribution < 1.29 is 9.84 Å². The van der Waals surface area contributed by atoms with E-state index in [1.807, 2.05) is 30.3 Å². The molecule has 0 bridgehead atoms. The Balaban J connectivity index is 2.29.